The molecular weight excluding hydrogens is 410 g/mol. The molecule has 29 heavy (non-hydrogen) atoms. The molecule has 2 aromatic rings. The smallest absolute Gasteiger partial charge is 0.234 e. The number of aromatic nitrogens is 2. The van der Waals surface area contributed by atoms with Gasteiger partial charge in [0.15, 0.2) is 0 Å². The third kappa shape index (κ3) is 4.32. The summed E-state index contributed by atoms with van der Waals surface area (Å²) < 4.78 is 6.34. The van der Waals surface area contributed by atoms with Gasteiger partial charge in [0.2, 0.25) is 11.8 Å². The zero-order chi connectivity index (χ0) is 19.7. The van der Waals surface area contributed by atoms with Crippen LogP contribution in [0.3, 0.4) is 0 Å². The van der Waals surface area contributed by atoms with Crippen molar-refractivity contribution in [1.29, 1.82) is 5.26 Å². The van der Waals surface area contributed by atoms with Crippen LogP contribution in [0.5, 0.6) is 5.88 Å². The summed E-state index contributed by atoms with van der Waals surface area (Å²) in [4.78, 5) is 22.7. The number of aryl methyl sites for hydroxylation is 1. The number of ether oxygens (including phenoxy) is 1. The van der Waals surface area contributed by atoms with E-state index in [-0.39, 0.29) is 24.4 Å². The summed E-state index contributed by atoms with van der Waals surface area (Å²) in [6.45, 7) is 0. The maximum absolute atomic E-state index is 11.6. The summed E-state index contributed by atoms with van der Waals surface area (Å²) in [7, 11) is 2.01. The predicted octanol–water partition coefficient (Wildman–Crippen LogP) is 3.07. The first-order chi connectivity index (χ1) is 13.6. The third-order valence-electron chi connectivity index (χ3n) is 6.08. The third-order valence-corrected chi connectivity index (χ3v) is 7.25. The van der Waals surface area contributed by atoms with Gasteiger partial charge in [-0.25, -0.2) is 9.97 Å². The number of carbonyl (C=O) groups is 1. The molecule has 1 unspecified atom stereocenters. The van der Waals surface area contributed by atoms with Crippen molar-refractivity contribution in [2.24, 2.45) is 11.7 Å². The van der Waals surface area contributed by atoms with Crippen molar-refractivity contribution in [3.63, 3.8) is 0 Å². The minimum absolute atomic E-state index is 0. The fourth-order valence-electron chi connectivity index (χ4n) is 4.51. The van der Waals surface area contributed by atoms with Crippen LogP contribution in [0.15, 0.2) is 6.33 Å². The van der Waals surface area contributed by atoms with Crippen LogP contribution in [0.1, 0.15) is 54.9 Å². The Morgan fingerprint density at radius 1 is 1.38 bits per heavy atom. The van der Waals surface area contributed by atoms with Gasteiger partial charge >= 0.3 is 0 Å². The van der Waals surface area contributed by atoms with E-state index in [2.05, 4.69) is 15.3 Å². The van der Waals surface area contributed by atoms with Crippen molar-refractivity contribution in [2.45, 2.75) is 63.0 Å². The number of hydrogen-bond acceptors (Lipinski definition) is 7. The lowest BCUT2D eigenvalue weighted by Crippen LogP contribution is -2.34. The van der Waals surface area contributed by atoms with Crippen molar-refractivity contribution in [2.75, 3.05) is 7.05 Å². The number of halogens is 1. The van der Waals surface area contributed by atoms with E-state index in [1.807, 2.05) is 13.1 Å². The zero-order valence-corrected chi connectivity index (χ0v) is 18.0. The highest BCUT2D eigenvalue weighted by atomic mass is 35.5. The van der Waals surface area contributed by atoms with Gasteiger partial charge in [-0.15, -0.1) is 23.7 Å². The second kappa shape index (κ2) is 9.24. The van der Waals surface area contributed by atoms with E-state index >= 15 is 0 Å². The van der Waals surface area contributed by atoms with Crippen LogP contribution in [-0.2, 0) is 11.2 Å². The van der Waals surface area contributed by atoms with Crippen LogP contribution < -0.4 is 15.8 Å². The summed E-state index contributed by atoms with van der Waals surface area (Å²) in [5.41, 5.74) is 6.56. The highest BCUT2D eigenvalue weighted by Crippen LogP contribution is 2.48. The van der Waals surface area contributed by atoms with Crippen LogP contribution in [0.4, 0.5) is 0 Å². The van der Waals surface area contributed by atoms with E-state index < -0.39 is 11.8 Å². The average Bonchev–Trinajstić information content (AvgIpc) is 3.26. The molecule has 2 aromatic heterocycles. The summed E-state index contributed by atoms with van der Waals surface area (Å²) in [6.07, 6.45) is 8.25. The lowest BCUT2D eigenvalue weighted by atomic mass is 9.90. The number of nitrogens with two attached hydrogens (primary N) is 1. The van der Waals surface area contributed by atoms with E-state index in [0.29, 0.717) is 18.3 Å². The maximum Gasteiger partial charge on any atom is 0.234 e. The summed E-state index contributed by atoms with van der Waals surface area (Å²) in [5, 5.41) is 13.6. The first-order valence-electron chi connectivity index (χ1n) is 9.89. The zero-order valence-electron chi connectivity index (χ0n) is 16.4. The Hall–Kier alpha value is -1.95. The molecule has 0 radical (unpaired) electrons. The number of nitrogens with zero attached hydrogens (tertiary/aromatic N) is 3. The molecule has 2 heterocycles. The largest absolute Gasteiger partial charge is 0.474 e. The molecule has 3 N–H and O–H groups in total. The van der Waals surface area contributed by atoms with Crippen molar-refractivity contribution in [3.8, 4) is 11.9 Å². The van der Waals surface area contributed by atoms with E-state index in [9.17, 15) is 10.1 Å². The van der Waals surface area contributed by atoms with Gasteiger partial charge in [0.05, 0.1) is 11.5 Å². The molecule has 1 saturated carbocycles. The number of amides is 1. The Kier molecular flexibility index (Phi) is 6.93. The number of thiophene rings is 1. The van der Waals surface area contributed by atoms with Crippen LogP contribution in [-0.4, -0.2) is 35.1 Å². The molecule has 0 spiro atoms. The number of nitrogens with one attached hydrogen (secondary N) is 1. The quantitative estimate of drug-likeness (QED) is 0.720. The van der Waals surface area contributed by atoms with Crippen molar-refractivity contribution >= 4 is 39.9 Å². The summed E-state index contributed by atoms with van der Waals surface area (Å²) in [5.74, 6) is -0.551. The number of hydrogen-bond donors (Lipinski definition) is 2. The molecule has 1 amide bonds. The van der Waals surface area contributed by atoms with Gasteiger partial charge in [-0.2, -0.15) is 5.26 Å². The van der Waals surface area contributed by atoms with Crippen LogP contribution in [0.25, 0.3) is 10.2 Å². The Balaban J connectivity index is 0.00000240. The van der Waals surface area contributed by atoms with Gasteiger partial charge in [-0.05, 0) is 63.5 Å². The number of rotatable bonds is 6. The monoisotopic (exact) mass is 435 g/mol. The average molecular weight is 436 g/mol. The van der Waals surface area contributed by atoms with Crippen molar-refractivity contribution < 1.29 is 9.53 Å². The highest BCUT2D eigenvalue weighted by molar-refractivity contribution is 7.19. The van der Waals surface area contributed by atoms with Crippen LogP contribution in [0, 0.1) is 17.2 Å². The molecule has 4 rings (SSSR count). The first-order valence-corrected chi connectivity index (χ1v) is 10.7. The minimum Gasteiger partial charge on any atom is -0.474 e. The lowest BCUT2D eigenvalue weighted by molar-refractivity contribution is -0.120. The summed E-state index contributed by atoms with van der Waals surface area (Å²) in [6, 6.07) is 2.62. The number of fused-ring (bicyclic) bond motifs is 3. The fourth-order valence-corrected chi connectivity index (χ4v) is 5.74. The Morgan fingerprint density at radius 2 is 2.14 bits per heavy atom. The van der Waals surface area contributed by atoms with Crippen molar-refractivity contribution in [1.82, 2.24) is 15.3 Å². The number of primary amides is 1. The SMILES string of the molecule is CNC1CCC(Oc2ncnc3sc4c(c23)[C@@H](CC(C#N)C(N)=O)CC4)CC1.Cl. The molecule has 0 aromatic carbocycles. The molecule has 2 aliphatic carbocycles. The van der Waals surface area contributed by atoms with Crippen LogP contribution in [0.2, 0.25) is 0 Å². The highest BCUT2D eigenvalue weighted by Gasteiger charge is 2.33. The topological polar surface area (TPSA) is 114 Å². The normalized spacial score (nSPS) is 24.3. The molecular formula is C20H26ClN5O2S. The van der Waals surface area contributed by atoms with E-state index in [4.69, 9.17) is 10.5 Å². The van der Waals surface area contributed by atoms with Gasteiger partial charge in [-0.3, -0.25) is 4.79 Å². The van der Waals surface area contributed by atoms with Gasteiger partial charge in [-0.1, -0.05) is 0 Å². The van der Waals surface area contributed by atoms with Gasteiger partial charge in [0.1, 0.15) is 23.2 Å². The number of nitriles is 1. The molecule has 0 saturated heterocycles. The number of carbonyl (C=O) groups excluding carboxylic acids is 1. The van der Waals surface area contributed by atoms with Gasteiger partial charge < -0.3 is 15.8 Å². The van der Waals surface area contributed by atoms with Crippen LogP contribution >= 0.6 is 23.7 Å². The van der Waals surface area contributed by atoms with E-state index in [1.165, 1.54) is 10.4 Å². The molecule has 156 valence electrons. The molecule has 1 fully saturated rings. The van der Waals surface area contributed by atoms with Gasteiger partial charge in [0.25, 0.3) is 0 Å². The lowest BCUT2D eigenvalue weighted by Gasteiger charge is -2.28. The second-order valence-corrected chi connectivity index (χ2v) is 8.82. The Labute approximate surface area is 180 Å². The first kappa shape index (κ1) is 21.8. The molecule has 9 heteroatoms. The molecule has 2 atom stereocenters. The fraction of sp³-hybridized carbons (Fsp3) is 0.600. The molecule has 0 bridgehead atoms. The summed E-state index contributed by atoms with van der Waals surface area (Å²) >= 11 is 1.67. The molecule has 0 aliphatic heterocycles. The molecule has 2 aliphatic rings. The maximum atomic E-state index is 11.6. The van der Waals surface area contributed by atoms with E-state index in [0.717, 1.165) is 48.7 Å². The Morgan fingerprint density at radius 3 is 2.79 bits per heavy atom. The Bertz CT molecular complexity index is 919. The standard InChI is InChI=1S/C20H25N5O2S.ClH/c1-23-13-3-5-14(6-4-13)27-19-17-16-11(8-12(9-21)18(22)26)2-7-15(16)28-20(17)25-10-24-19;/h10-14,23H,2-8H2,1H3,(H2,22,26);1H/t11-,12?,13?,14?;/m1./s1. The second-order valence-electron chi connectivity index (χ2n) is 7.73. The predicted molar refractivity (Wildman–Crippen MR) is 114 cm³/mol. The minimum atomic E-state index is -0.767. The molecule has 7 nitrogen and oxygen atoms in total. The van der Waals surface area contributed by atoms with Crippen molar-refractivity contribution in [3.05, 3.63) is 16.8 Å². The van der Waals surface area contributed by atoms with Gasteiger partial charge in [0, 0.05) is 10.9 Å². The van der Waals surface area contributed by atoms with E-state index in [1.54, 1.807) is 17.7 Å².